The molecule has 0 saturated heterocycles. The minimum absolute atomic E-state index is 0.0899. The Balaban J connectivity index is 3.64. The van der Waals surface area contributed by atoms with Crippen LogP contribution in [0, 0.1) is 0 Å². The summed E-state index contributed by atoms with van der Waals surface area (Å²) in [6.07, 6.45) is 1.78. The second-order valence-corrected chi connectivity index (χ2v) is 4.31. The summed E-state index contributed by atoms with van der Waals surface area (Å²) in [6, 6.07) is -0.0899. The number of ether oxygens (including phenoxy) is 2. The monoisotopic (exact) mass is 217 g/mol. The first kappa shape index (κ1) is 14.4. The van der Waals surface area contributed by atoms with Crippen LogP contribution >= 0.6 is 0 Å². The Morgan fingerprint density at radius 1 is 1.47 bits per heavy atom. The summed E-state index contributed by atoms with van der Waals surface area (Å²) < 4.78 is 10.3. The van der Waals surface area contributed by atoms with Crippen LogP contribution in [0.5, 0.6) is 0 Å². The van der Waals surface area contributed by atoms with E-state index in [9.17, 15) is 4.79 Å². The molecule has 0 spiro atoms. The van der Waals surface area contributed by atoms with E-state index < -0.39 is 0 Å². The van der Waals surface area contributed by atoms with Gasteiger partial charge in [0.15, 0.2) is 0 Å². The molecule has 1 atom stereocenters. The molecule has 0 fully saturated rings. The second kappa shape index (κ2) is 6.80. The summed E-state index contributed by atoms with van der Waals surface area (Å²) in [6.45, 7) is 6.25. The highest BCUT2D eigenvalue weighted by Gasteiger charge is 2.17. The Bertz CT molecular complexity index is 192. The SMILES string of the molecule is CCC(N)CC(=O)OCCC(C)(C)OC. The first-order valence-electron chi connectivity index (χ1n) is 5.37. The lowest BCUT2D eigenvalue weighted by molar-refractivity contribution is -0.145. The van der Waals surface area contributed by atoms with Gasteiger partial charge in [0.1, 0.15) is 0 Å². The highest BCUT2D eigenvalue weighted by atomic mass is 16.5. The maximum atomic E-state index is 11.2. The van der Waals surface area contributed by atoms with Crippen molar-refractivity contribution in [1.82, 2.24) is 0 Å². The van der Waals surface area contributed by atoms with Crippen LogP contribution in [0.25, 0.3) is 0 Å². The van der Waals surface area contributed by atoms with Gasteiger partial charge in [-0.25, -0.2) is 0 Å². The topological polar surface area (TPSA) is 61.6 Å². The summed E-state index contributed by atoms with van der Waals surface area (Å²) in [5, 5.41) is 0. The smallest absolute Gasteiger partial charge is 0.307 e. The van der Waals surface area contributed by atoms with Crippen molar-refractivity contribution in [1.29, 1.82) is 0 Å². The van der Waals surface area contributed by atoms with Crippen molar-refractivity contribution in [2.24, 2.45) is 5.73 Å². The minimum atomic E-state index is -0.243. The van der Waals surface area contributed by atoms with Crippen LogP contribution in [-0.4, -0.2) is 31.3 Å². The fourth-order valence-corrected chi connectivity index (χ4v) is 0.930. The van der Waals surface area contributed by atoms with E-state index >= 15 is 0 Å². The van der Waals surface area contributed by atoms with Crippen molar-refractivity contribution in [2.45, 2.75) is 51.7 Å². The number of rotatable bonds is 7. The van der Waals surface area contributed by atoms with Gasteiger partial charge in [-0.2, -0.15) is 0 Å². The molecule has 2 N–H and O–H groups in total. The van der Waals surface area contributed by atoms with Gasteiger partial charge in [-0.3, -0.25) is 4.79 Å². The summed E-state index contributed by atoms with van der Waals surface area (Å²) in [7, 11) is 1.65. The van der Waals surface area contributed by atoms with Crippen LogP contribution in [0.2, 0.25) is 0 Å². The highest BCUT2D eigenvalue weighted by Crippen LogP contribution is 2.12. The second-order valence-electron chi connectivity index (χ2n) is 4.31. The van der Waals surface area contributed by atoms with Crippen LogP contribution in [0.15, 0.2) is 0 Å². The molecule has 0 aliphatic heterocycles. The van der Waals surface area contributed by atoms with Gasteiger partial charge < -0.3 is 15.2 Å². The van der Waals surface area contributed by atoms with Gasteiger partial charge in [-0.05, 0) is 20.3 Å². The molecule has 1 unspecified atom stereocenters. The number of hydrogen-bond acceptors (Lipinski definition) is 4. The Labute approximate surface area is 92.1 Å². The Morgan fingerprint density at radius 3 is 2.53 bits per heavy atom. The molecule has 0 aromatic rings. The van der Waals surface area contributed by atoms with E-state index in [1.807, 2.05) is 20.8 Å². The van der Waals surface area contributed by atoms with Crippen LogP contribution in [0.4, 0.5) is 0 Å². The molecule has 0 aromatic carbocycles. The average molecular weight is 217 g/mol. The van der Waals surface area contributed by atoms with E-state index in [4.69, 9.17) is 15.2 Å². The average Bonchev–Trinajstić information content (AvgIpc) is 2.17. The number of carbonyl (C=O) groups is 1. The molecule has 0 aromatic heterocycles. The third-order valence-electron chi connectivity index (χ3n) is 2.47. The van der Waals surface area contributed by atoms with E-state index in [1.54, 1.807) is 7.11 Å². The van der Waals surface area contributed by atoms with Crippen LogP contribution in [0.3, 0.4) is 0 Å². The number of esters is 1. The lowest BCUT2D eigenvalue weighted by Crippen LogP contribution is -2.27. The van der Waals surface area contributed by atoms with E-state index in [-0.39, 0.29) is 17.6 Å². The largest absolute Gasteiger partial charge is 0.466 e. The van der Waals surface area contributed by atoms with Gasteiger partial charge >= 0.3 is 5.97 Å². The molecule has 0 amide bonds. The fraction of sp³-hybridized carbons (Fsp3) is 0.909. The Kier molecular flexibility index (Phi) is 6.52. The quantitative estimate of drug-likeness (QED) is 0.656. The van der Waals surface area contributed by atoms with Crippen molar-refractivity contribution in [2.75, 3.05) is 13.7 Å². The molecule has 0 bridgehead atoms. The van der Waals surface area contributed by atoms with Crippen molar-refractivity contribution < 1.29 is 14.3 Å². The lowest BCUT2D eigenvalue weighted by atomic mass is 10.1. The first-order chi connectivity index (χ1) is 6.91. The first-order valence-corrected chi connectivity index (χ1v) is 5.37. The molecule has 4 heteroatoms. The maximum absolute atomic E-state index is 11.2. The molecule has 0 aliphatic rings. The van der Waals surface area contributed by atoms with Crippen LogP contribution in [0.1, 0.15) is 40.0 Å². The van der Waals surface area contributed by atoms with Gasteiger partial charge in [-0.1, -0.05) is 6.92 Å². The summed E-state index contributed by atoms with van der Waals surface area (Å²) in [5.74, 6) is -0.226. The molecule has 0 aliphatic carbocycles. The molecular formula is C11H23NO3. The number of hydrogen-bond donors (Lipinski definition) is 1. The van der Waals surface area contributed by atoms with Crippen molar-refractivity contribution >= 4 is 5.97 Å². The third kappa shape index (κ3) is 7.33. The minimum Gasteiger partial charge on any atom is -0.466 e. The van der Waals surface area contributed by atoms with Gasteiger partial charge in [0, 0.05) is 19.6 Å². The standard InChI is InChI=1S/C11H23NO3/c1-5-9(12)8-10(13)15-7-6-11(2,3)14-4/h9H,5-8,12H2,1-4H3. The normalized spacial score (nSPS) is 13.7. The van der Waals surface area contributed by atoms with Crippen LogP contribution in [-0.2, 0) is 14.3 Å². The third-order valence-corrected chi connectivity index (χ3v) is 2.47. The predicted molar refractivity (Wildman–Crippen MR) is 59.5 cm³/mol. The van der Waals surface area contributed by atoms with Crippen molar-refractivity contribution in [3.63, 3.8) is 0 Å². The van der Waals surface area contributed by atoms with E-state index in [2.05, 4.69) is 0 Å². The molecule has 0 saturated carbocycles. The summed E-state index contributed by atoms with van der Waals surface area (Å²) >= 11 is 0. The maximum Gasteiger partial charge on any atom is 0.307 e. The molecule has 90 valence electrons. The number of nitrogens with two attached hydrogens (primary N) is 1. The van der Waals surface area contributed by atoms with E-state index in [1.165, 1.54) is 0 Å². The zero-order valence-electron chi connectivity index (χ0n) is 10.2. The molecule has 0 heterocycles. The number of carbonyl (C=O) groups excluding carboxylic acids is 1. The molecule has 0 radical (unpaired) electrons. The van der Waals surface area contributed by atoms with Crippen molar-refractivity contribution in [3.05, 3.63) is 0 Å². The zero-order chi connectivity index (χ0) is 11.9. The van der Waals surface area contributed by atoms with Gasteiger partial charge in [0.25, 0.3) is 0 Å². The number of methoxy groups -OCH3 is 1. The van der Waals surface area contributed by atoms with Gasteiger partial charge in [0.05, 0.1) is 18.6 Å². The zero-order valence-corrected chi connectivity index (χ0v) is 10.2. The Morgan fingerprint density at radius 2 is 2.07 bits per heavy atom. The summed E-state index contributed by atoms with van der Waals surface area (Å²) in [4.78, 5) is 11.2. The molecule has 4 nitrogen and oxygen atoms in total. The van der Waals surface area contributed by atoms with Gasteiger partial charge in [0.2, 0.25) is 0 Å². The van der Waals surface area contributed by atoms with E-state index in [0.717, 1.165) is 6.42 Å². The molecule has 0 rings (SSSR count). The van der Waals surface area contributed by atoms with E-state index in [0.29, 0.717) is 19.4 Å². The highest BCUT2D eigenvalue weighted by molar-refractivity contribution is 5.70. The lowest BCUT2D eigenvalue weighted by Gasteiger charge is -2.22. The van der Waals surface area contributed by atoms with Crippen LogP contribution < -0.4 is 5.73 Å². The van der Waals surface area contributed by atoms with Crippen molar-refractivity contribution in [3.8, 4) is 0 Å². The summed E-state index contributed by atoms with van der Waals surface area (Å²) in [5.41, 5.74) is 5.39. The predicted octanol–water partition coefficient (Wildman–Crippen LogP) is 1.47. The van der Waals surface area contributed by atoms with Gasteiger partial charge in [-0.15, -0.1) is 0 Å². The fourth-order valence-electron chi connectivity index (χ4n) is 0.930. The Hall–Kier alpha value is -0.610. The molecular weight excluding hydrogens is 194 g/mol. The molecule has 15 heavy (non-hydrogen) atoms.